The molecule has 0 saturated carbocycles. The summed E-state index contributed by atoms with van der Waals surface area (Å²) < 4.78 is 0. The molecular formula is C24H23Cl2NO2S. The molecule has 0 saturated heterocycles. The normalized spacial score (nSPS) is 21.1. The van der Waals surface area contributed by atoms with Crippen LogP contribution in [0.2, 0.25) is 10.0 Å². The quantitative estimate of drug-likeness (QED) is 0.469. The maximum atomic E-state index is 13.4. The van der Waals surface area contributed by atoms with Crippen LogP contribution in [0.3, 0.4) is 0 Å². The van der Waals surface area contributed by atoms with Crippen LogP contribution in [0.1, 0.15) is 44.6 Å². The van der Waals surface area contributed by atoms with Crippen LogP contribution in [0.4, 0.5) is 5.69 Å². The Morgan fingerprint density at radius 3 is 2.33 bits per heavy atom. The summed E-state index contributed by atoms with van der Waals surface area (Å²) in [5, 5.41) is 0.825. The third kappa shape index (κ3) is 3.93. The van der Waals surface area contributed by atoms with Crippen molar-refractivity contribution in [2.45, 2.75) is 43.9 Å². The zero-order valence-electron chi connectivity index (χ0n) is 17.2. The van der Waals surface area contributed by atoms with Crippen molar-refractivity contribution in [1.82, 2.24) is 0 Å². The molecule has 6 heteroatoms. The van der Waals surface area contributed by atoms with Gasteiger partial charge in [0.1, 0.15) is 0 Å². The van der Waals surface area contributed by atoms with E-state index in [0.29, 0.717) is 28.6 Å². The molecule has 1 unspecified atom stereocenters. The predicted molar refractivity (Wildman–Crippen MR) is 125 cm³/mol. The van der Waals surface area contributed by atoms with Crippen molar-refractivity contribution in [1.29, 1.82) is 0 Å². The van der Waals surface area contributed by atoms with E-state index in [1.807, 2.05) is 30.5 Å². The lowest BCUT2D eigenvalue weighted by Gasteiger charge is -2.43. The number of carbonyl (C=O) groups excluding carboxylic acids is 2. The highest BCUT2D eigenvalue weighted by Gasteiger charge is 2.44. The van der Waals surface area contributed by atoms with E-state index in [4.69, 9.17) is 23.2 Å². The van der Waals surface area contributed by atoms with Gasteiger partial charge in [0.05, 0.1) is 15.7 Å². The predicted octanol–water partition coefficient (Wildman–Crippen LogP) is 6.88. The van der Waals surface area contributed by atoms with Crippen LogP contribution < -0.4 is 4.90 Å². The molecule has 1 aliphatic heterocycles. The van der Waals surface area contributed by atoms with E-state index in [1.165, 1.54) is 0 Å². The van der Waals surface area contributed by atoms with Gasteiger partial charge < -0.3 is 0 Å². The summed E-state index contributed by atoms with van der Waals surface area (Å²) in [5.41, 5.74) is 3.01. The second-order valence-corrected chi connectivity index (χ2v) is 10.4. The number of Topliss-reactive ketones (excluding diaryl/α,β-unsaturated/α-hetero) is 1. The smallest absolute Gasteiger partial charge is 0.232 e. The van der Waals surface area contributed by atoms with Crippen LogP contribution in [0.15, 0.2) is 58.6 Å². The molecule has 0 radical (unpaired) electrons. The highest BCUT2D eigenvalue weighted by Crippen LogP contribution is 2.48. The van der Waals surface area contributed by atoms with E-state index in [1.54, 1.807) is 34.9 Å². The molecule has 2 aromatic carbocycles. The van der Waals surface area contributed by atoms with Crippen molar-refractivity contribution in [2.24, 2.45) is 5.41 Å². The summed E-state index contributed by atoms with van der Waals surface area (Å²) in [6.07, 6.45) is 3.42. The number of halogens is 2. The highest BCUT2D eigenvalue weighted by atomic mass is 35.5. The van der Waals surface area contributed by atoms with E-state index in [0.717, 1.165) is 21.7 Å². The minimum Gasteiger partial charge on any atom is -0.294 e. The molecule has 1 amide bonds. The molecule has 156 valence electrons. The molecule has 30 heavy (non-hydrogen) atoms. The summed E-state index contributed by atoms with van der Waals surface area (Å²) in [4.78, 5) is 29.5. The Balaban J connectivity index is 1.87. The van der Waals surface area contributed by atoms with Gasteiger partial charge in [-0.3, -0.25) is 14.5 Å². The number of rotatable bonds is 3. The van der Waals surface area contributed by atoms with Gasteiger partial charge in [-0.05, 0) is 54.0 Å². The molecule has 0 spiro atoms. The lowest BCUT2D eigenvalue weighted by atomic mass is 9.69. The van der Waals surface area contributed by atoms with E-state index in [9.17, 15) is 9.59 Å². The number of carbonyl (C=O) groups is 2. The highest BCUT2D eigenvalue weighted by molar-refractivity contribution is 7.98. The van der Waals surface area contributed by atoms with Crippen molar-refractivity contribution in [3.63, 3.8) is 0 Å². The largest absolute Gasteiger partial charge is 0.294 e. The van der Waals surface area contributed by atoms with E-state index in [-0.39, 0.29) is 29.4 Å². The fourth-order valence-electron chi connectivity index (χ4n) is 4.46. The summed E-state index contributed by atoms with van der Waals surface area (Å²) in [5.74, 6) is -0.125. The Labute approximate surface area is 191 Å². The number of anilines is 1. The number of amides is 1. The molecule has 1 heterocycles. The molecule has 1 atom stereocenters. The third-order valence-electron chi connectivity index (χ3n) is 5.82. The number of benzene rings is 2. The monoisotopic (exact) mass is 459 g/mol. The zero-order valence-corrected chi connectivity index (χ0v) is 19.5. The fraction of sp³-hybridized carbons (Fsp3) is 0.333. The van der Waals surface area contributed by atoms with Crippen LogP contribution in [-0.4, -0.2) is 17.9 Å². The van der Waals surface area contributed by atoms with Gasteiger partial charge in [-0.25, -0.2) is 0 Å². The van der Waals surface area contributed by atoms with Gasteiger partial charge in [0.25, 0.3) is 0 Å². The van der Waals surface area contributed by atoms with Gasteiger partial charge in [-0.15, -0.1) is 11.8 Å². The molecule has 0 aromatic heterocycles. The number of hydrogen-bond donors (Lipinski definition) is 0. The molecular weight excluding hydrogens is 437 g/mol. The molecule has 0 fully saturated rings. The van der Waals surface area contributed by atoms with Gasteiger partial charge in [0.15, 0.2) is 5.78 Å². The molecule has 4 rings (SSSR count). The number of nitrogens with zero attached hydrogens (tertiary/aromatic N) is 1. The van der Waals surface area contributed by atoms with E-state index in [2.05, 4.69) is 13.8 Å². The van der Waals surface area contributed by atoms with Gasteiger partial charge in [-0.1, -0.05) is 49.2 Å². The Bertz CT molecular complexity index is 1060. The summed E-state index contributed by atoms with van der Waals surface area (Å²) in [6.45, 7) is 4.14. The molecule has 1 aliphatic carbocycles. The first kappa shape index (κ1) is 21.5. The van der Waals surface area contributed by atoms with Crippen molar-refractivity contribution < 1.29 is 9.59 Å². The van der Waals surface area contributed by atoms with Gasteiger partial charge in [-0.2, -0.15) is 0 Å². The maximum Gasteiger partial charge on any atom is 0.232 e. The van der Waals surface area contributed by atoms with Crippen molar-refractivity contribution in [2.75, 3.05) is 11.2 Å². The zero-order chi connectivity index (χ0) is 21.6. The second-order valence-electron chi connectivity index (χ2n) is 8.66. The average molecular weight is 460 g/mol. The van der Waals surface area contributed by atoms with Crippen LogP contribution in [-0.2, 0) is 9.59 Å². The van der Waals surface area contributed by atoms with Crippen LogP contribution >= 0.6 is 35.0 Å². The average Bonchev–Trinajstić information content (AvgIpc) is 2.68. The minimum atomic E-state index is -0.217. The number of hydrogen-bond acceptors (Lipinski definition) is 3. The lowest BCUT2D eigenvalue weighted by molar-refractivity contribution is -0.121. The molecule has 0 bridgehead atoms. The number of ketones is 1. The Kier molecular flexibility index (Phi) is 5.78. The van der Waals surface area contributed by atoms with E-state index < -0.39 is 0 Å². The molecule has 0 N–H and O–H groups in total. The van der Waals surface area contributed by atoms with Crippen LogP contribution in [0, 0.1) is 5.41 Å². The number of allylic oxidation sites excluding steroid dienone is 2. The molecule has 3 nitrogen and oxygen atoms in total. The first-order chi connectivity index (χ1) is 14.2. The minimum absolute atomic E-state index is 0.0309. The SMILES string of the molecule is CSc1ccc(C2CC(=O)N(c3ccc(Cl)c(Cl)c3)C3=C2C(=O)CC(C)(C)C3)cc1. The Hall–Kier alpha value is -1.75. The van der Waals surface area contributed by atoms with E-state index >= 15 is 0 Å². The summed E-state index contributed by atoms with van der Waals surface area (Å²) in [6, 6.07) is 13.4. The first-order valence-corrected chi connectivity index (χ1v) is 11.9. The van der Waals surface area contributed by atoms with Gasteiger partial charge in [0.2, 0.25) is 5.91 Å². The van der Waals surface area contributed by atoms with Gasteiger partial charge in [0, 0.05) is 34.9 Å². The molecule has 2 aromatic rings. The Morgan fingerprint density at radius 1 is 1.00 bits per heavy atom. The van der Waals surface area contributed by atoms with Crippen LogP contribution in [0.5, 0.6) is 0 Å². The van der Waals surface area contributed by atoms with Crippen molar-refractivity contribution in [3.05, 3.63) is 69.3 Å². The van der Waals surface area contributed by atoms with Crippen LogP contribution in [0.25, 0.3) is 0 Å². The third-order valence-corrected chi connectivity index (χ3v) is 7.31. The van der Waals surface area contributed by atoms with Crippen molar-refractivity contribution in [3.8, 4) is 0 Å². The van der Waals surface area contributed by atoms with Gasteiger partial charge >= 0.3 is 0 Å². The first-order valence-electron chi connectivity index (χ1n) is 9.88. The fourth-order valence-corrected chi connectivity index (χ4v) is 5.16. The topological polar surface area (TPSA) is 37.4 Å². The maximum absolute atomic E-state index is 13.4. The standard InChI is InChI=1S/C24H23Cl2NO2S/c1-24(2)12-20-23(21(28)13-24)17(14-4-7-16(30-3)8-5-14)11-22(29)27(20)15-6-9-18(25)19(26)10-15/h4-10,17H,11-13H2,1-3H3. The number of thioether (sulfide) groups is 1. The summed E-state index contributed by atoms with van der Waals surface area (Å²) >= 11 is 14.0. The lowest BCUT2D eigenvalue weighted by Crippen LogP contribution is -2.43. The Morgan fingerprint density at radius 2 is 1.70 bits per heavy atom. The molecule has 2 aliphatic rings. The van der Waals surface area contributed by atoms with Crippen molar-refractivity contribution >= 4 is 52.3 Å². The summed E-state index contributed by atoms with van der Waals surface area (Å²) in [7, 11) is 0. The second kappa shape index (κ2) is 8.07.